The van der Waals surface area contributed by atoms with Gasteiger partial charge in [-0.05, 0) is 24.6 Å². The molecule has 3 unspecified atom stereocenters. The molecule has 1 fully saturated rings. The lowest BCUT2D eigenvalue weighted by Crippen LogP contribution is -2.59. The van der Waals surface area contributed by atoms with Gasteiger partial charge in [0, 0.05) is 20.2 Å². The van der Waals surface area contributed by atoms with Gasteiger partial charge in [-0.25, -0.2) is 0 Å². The summed E-state index contributed by atoms with van der Waals surface area (Å²) < 4.78 is 21.2. The number of benzene rings is 1. The Morgan fingerprint density at radius 1 is 1.33 bits per heavy atom. The molecule has 0 spiro atoms. The van der Waals surface area contributed by atoms with E-state index in [2.05, 4.69) is 17.6 Å². The molecule has 27 heavy (non-hydrogen) atoms. The van der Waals surface area contributed by atoms with E-state index < -0.39 is 36.7 Å². The average Bonchev–Trinajstić information content (AvgIpc) is 2.64. The molecule has 0 aromatic heterocycles. The minimum atomic E-state index is -1.36. The Morgan fingerprint density at radius 2 is 2.00 bits per heavy atom. The third-order valence-electron chi connectivity index (χ3n) is 4.00. The van der Waals surface area contributed by atoms with Crippen molar-refractivity contribution in [2.45, 2.75) is 56.5 Å². The predicted octanol–water partition coefficient (Wildman–Crippen LogP) is 0.937. The Kier molecular flexibility index (Phi) is 8.06. The Morgan fingerprint density at radius 3 is 2.59 bits per heavy atom. The van der Waals surface area contributed by atoms with Gasteiger partial charge >= 0.3 is 5.97 Å². The van der Waals surface area contributed by atoms with Gasteiger partial charge in [0.1, 0.15) is 23.4 Å². The maximum atomic E-state index is 11.1. The molecular weight excluding hydrogens is 374 g/mol. The molecule has 1 aromatic rings. The monoisotopic (exact) mass is 399 g/mol. The van der Waals surface area contributed by atoms with E-state index >= 15 is 0 Å². The summed E-state index contributed by atoms with van der Waals surface area (Å²) in [6.45, 7) is 3.32. The smallest absolute Gasteiger partial charge is 0.303 e. The first kappa shape index (κ1) is 21.6. The molecule has 1 heterocycles. The van der Waals surface area contributed by atoms with E-state index in [1.807, 2.05) is 12.1 Å². The number of ether oxygens (including phenoxy) is 4. The normalized spacial score (nSPS) is 29.5. The van der Waals surface area contributed by atoms with Crippen LogP contribution in [0.2, 0.25) is 0 Å². The number of aliphatic imine (C=N–C) groups is 1. The number of esters is 1. The first-order valence-corrected chi connectivity index (χ1v) is 8.98. The van der Waals surface area contributed by atoms with Crippen molar-refractivity contribution in [2.75, 3.05) is 7.11 Å². The van der Waals surface area contributed by atoms with Crippen LogP contribution in [0.3, 0.4) is 0 Å². The summed E-state index contributed by atoms with van der Waals surface area (Å²) in [6, 6.07) is 7.07. The van der Waals surface area contributed by atoms with Crippen LogP contribution < -0.4 is 4.74 Å². The minimum Gasteiger partial charge on any atom is -0.462 e. The van der Waals surface area contributed by atoms with Crippen LogP contribution in [-0.4, -0.2) is 65.6 Å². The first-order chi connectivity index (χ1) is 12.8. The lowest BCUT2D eigenvalue weighted by Gasteiger charge is -2.40. The molecule has 0 saturated carbocycles. The highest BCUT2D eigenvalue weighted by Gasteiger charge is 2.45. The van der Waals surface area contributed by atoms with Crippen molar-refractivity contribution in [1.29, 1.82) is 0 Å². The van der Waals surface area contributed by atoms with Crippen LogP contribution in [0.4, 0.5) is 0 Å². The predicted molar refractivity (Wildman–Crippen MR) is 101 cm³/mol. The van der Waals surface area contributed by atoms with Gasteiger partial charge in [0.2, 0.25) is 6.29 Å². The lowest BCUT2D eigenvalue weighted by atomic mass is 9.99. The molecule has 1 aliphatic heterocycles. The van der Waals surface area contributed by atoms with Crippen LogP contribution in [-0.2, 0) is 25.5 Å². The molecule has 9 heteroatoms. The van der Waals surface area contributed by atoms with Crippen LogP contribution in [0.1, 0.15) is 19.4 Å². The van der Waals surface area contributed by atoms with Gasteiger partial charge in [0.25, 0.3) is 0 Å². The van der Waals surface area contributed by atoms with Crippen LogP contribution in [0, 0.1) is 0 Å². The largest absolute Gasteiger partial charge is 0.462 e. The average molecular weight is 399 g/mol. The van der Waals surface area contributed by atoms with E-state index in [9.17, 15) is 15.0 Å². The van der Waals surface area contributed by atoms with Crippen molar-refractivity contribution in [3.05, 3.63) is 29.8 Å². The van der Waals surface area contributed by atoms with Gasteiger partial charge in [0.05, 0.1) is 12.6 Å². The Hall–Kier alpha value is -1.65. The number of aliphatic hydroxyl groups excluding tert-OH is 2. The molecule has 0 radical (unpaired) electrons. The highest BCUT2D eigenvalue weighted by molar-refractivity contribution is 7.81. The van der Waals surface area contributed by atoms with Crippen molar-refractivity contribution in [1.82, 2.24) is 0 Å². The van der Waals surface area contributed by atoms with Gasteiger partial charge in [-0.1, -0.05) is 12.1 Å². The minimum absolute atomic E-state index is 0.346. The summed E-state index contributed by atoms with van der Waals surface area (Å²) in [5.74, 6) is -0.102. The maximum absolute atomic E-state index is 11.1. The molecule has 0 aliphatic carbocycles. The molecule has 8 nitrogen and oxygen atoms in total. The molecule has 0 amide bonds. The van der Waals surface area contributed by atoms with Gasteiger partial charge in [0.15, 0.2) is 6.10 Å². The lowest BCUT2D eigenvalue weighted by molar-refractivity contribution is -0.272. The van der Waals surface area contributed by atoms with Crippen molar-refractivity contribution < 1.29 is 34.0 Å². The number of thiol groups is 1. The fourth-order valence-corrected chi connectivity index (χ4v) is 2.67. The summed E-state index contributed by atoms with van der Waals surface area (Å²) in [4.78, 5) is 15.3. The van der Waals surface area contributed by atoms with E-state index in [0.29, 0.717) is 12.3 Å². The fourth-order valence-electron chi connectivity index (χ4n) is 2.57. The molecule has 1 aromatic carbocycles. The van der Waals surface area contributed by atoms with Crippen LogP contribution >= 0.6 is 12.6 Å². The van der Waals surface area contributed by atoms with Crippen molar-refractivity contribution in [3.8, 4) is 5.75 Å². The van der Waals surface area contributed by atoms with Gasteiger partial charge in [-0.2, -0.15) is 0 Å². The molecule has 6 atom stereocenters. The van der Waals surface area contributed by atoms with E-state index in [1.165, 1.54) is 6.92 Å². The maximum Gasteiger partial charge on any atom is 0.303 e. The second kappa shape index (κ2) is 10.0. The number of nitrogens with zero attached hydrogens (tertiary/aromatic N) is 1. The second-order valence-electron chi connectivity index (χ2n) is 6.14. The Labute approximate surface area is 163 Å². The van der Waals surface area contributed by atoms with Crippen molar-refractivity contribution in [2.24, 2.45) is 4.99 Å². The topological polar surface area (TPSA) is 107 Å². The zero-order valence-corrected chi connectivity index (χ0v) is 16.3. The number of carbonyl (C=O) groups is 1. The zero-order valence-electron chi connectivity index (χ0n) is 15.4. The third-order valence-corrected chi connectivity index (χ3v) is 4.35. The fraction of sp³-hybridized carbons (Fsp3) is 0.556. The third kappa shape index (κ3) is 6.18. The molecule has 2 rings (SSSR count). The highest BCUT2D eigenvalue weighted by Crippen LogP contribution is 2.26. The summed E-state index contributed by atoms with van der Waals surface area (Å²) >= 11 is 4.14. The van der Waals surface area contributed by atoms with Gasteiger partial charge in [-0.15, -0.1) is 12.6 Å². The van der Waals surface area contributed by atoms with Crippen LogP contribution in [0.5, 0.6) is 5.75 Å². The summed E-state index contributed by atoms with van der Waals surface area (Å²) in [6.07, 6.45) is -3.76. The summed E-state index contributed by atoms with van der Waals surface area (Å²) in [5.41, 5.74) is 0.602. The van der Waals surface area contributed by atoms with E-state index in [1.54, 1.807) is 32.4 Å². The number of hydrogen-bond donors (Lipinski definition) is 3. The quantitative estimate of drug-likeness (QED) is 0.271. The molecule has 0 bridgehead atoms. The highest BCUT2D eigenvalue weighted by atomic mass is 32.1. The van der Waals surface area contributed by atoms with Crippen molar-refractivity contribution in [3.63, 3.8) is 0 Å². The number of hydrogen-bond acceptors (Lipinski definition) is 9. The van der Waals surface area contributed by atoms with E-state index in [4.69, 9.17) is 18.9 Å². The molecule has 1 aliphatic rings. The van der Waals surface area contributed by atoms with E-state index in [-0.39, 0.29) is 5.44 Å². The number of carbonyl (C=O) groups excluding carboxylic acids is 1. The molecular formula is C18H25NO7S. The Bertz CT molecular complexity index is 639. The summed E-state index contributed by atoms with van der Waals surface area (Å²) in [5, 5.41) is 20.4. The number of rotatable bonds is 7. The van der Waals surface area contributed by atoms with E-state index in [0.717, 1.165) is 5.56 Å². The first-order valence-electron chi connectivity index (χ1n) is 8.47. The Balaban J connectivity index is 1.94. The second-order valence-corrected chi connectivity index (χ2v) is 6.65. The van der Waals surface area contributed by atoms with Gasteiger partial charge < -0.3 is 29.2 Å². The number of methoxy groups -OCH3 is 1. The molecule has 150 valence electrons. The molecule has 1 saturated heterocycles. The summed E-state index contributed by atoms with van der Waals surface area (Å²) in [7, 11) is 1.55. The molecule has 2 N–H and O–H groups in total. The van der Waals surface area contributed by atoms with Crippen LogP contribution in [0.25, 0.3) is 0 Å². The van der Waals surface area contributed by atoms with Crippen molar-refractivity contribution >= 4 is 24.8 Å². The zero-order chi connectivity index (χ0) is 20.0. The van der Waals surface area contributed by atoms with Gasteiger partial charge in [-0.3, -0.25) is 9.79 Å². The van der Waals surface area contributed by atoms with Crippen LogP contribution in [0.15, 0.2) is 29.3 Å². The number of aliphatic hydroxyl groups is 2. The standard InChI is InChI=1S/C18H25NO7S/c1-10-17(25-11(2)20)15(21)16(22)18(24-10)26-13-6-4-12(5-7-13)8-19-9-14(27)23-3/h4-7,9-10,14-18,21-22,27H,8H2,1-3H3/b19-9+/t10-,14?,15-,16+,17?,18?/m0/s1. The SMILES string of the molecule is COC(S)/C=N/Cc1ccc(OC2O[C@@H](C)C(OC(C)=O)[C@@H](O)[C@H]2O)cc1.